The van der Waals surface area contributed by atoms with Crippen molar-refractivity contribution in [2.24, 2.45) is 16.3 Å². The lowest BCUT2D eigenvalue weighted by Gasteiger charge is -2.35. The van der Waals surface area contributed by atoms with Gasteiger partial charge in [-0.1, -0.05) is 12.8 Å². The second-order valence-corrected chi connectivity index (χ2v) is 8.62. The average molecular weight is 367 g/mol. The molecular formula is C21H42N4O. The van der Waals surface area contributed by atoms with Crippen molar-refractivity contribution in [1.29, 1.82) is 0 Å². The monoisotopic (exact) mass is 366 g/mol. The van der Waals surface area contributed by atoms with Gasteiger partial charge in [-0.2, -0.15) is 0 Å². The molecule has 1 unspecified atom stereocenters. The first kappa shape index (κ1) is 21.5. The lowest BCUT2D eigenvalue weighted by atomic mass is 9.83. The number of aliphatic imine (C=N–C) groups is 1. The highest BCUT2D eigenvalue weighted by molar-refractivity contribution is 5.79. The molecule has 0 aromatic heterocycles. The van der Waals surface area contributed by atoms with Gasteiger partial charge < -0.3 is 20.3 Å². The minimum absolute atomic E-state index is 0.359. The van der Waals surface area contributed by atoms with Gasteiger partial charge in [-0.05, 0) is 70.8 Å². The number of hydrogen-bond acceptors (Lipinski definition) is 3. The zero-order valence-corrected chi connectivity index (χ0v) is 17.6. The molecule has 5 nitrogen and oxygen atoms in total. The quantitative estimate of drug-likeness (QED) is 0.486. The zero-order valence-electron chi connectivity index (χ0n) is 17.6. The van der Waals surface area contributed by atoms with Crippen molar-refractivity contribution >= 4 is 5.96 Å². The van der Waals surface area contributed by atoms with E-state index in [1.165, 1.54) is 51.6 Å². The van der Waals surface area contributed by atoms with E-state index in [1.807, 2.05) is 7.11 Å². The van der Waals surface area contributed by atoms with E-state index in [1.54, 1.807) is 0 Å². The van der Waals surface area contributed by atoms with E-state index < -0.39 is 0 Å². The molecule has 2 rings (SSSR count). The molecule has 1 aliphatic heterocycles. The van der Waals surface area contributed by atoms with Gasteiger partial charge >= 0.3 is 0 Å². The maximum absolute atomic E-state index is 5.35. The third kappa shape index (κ3) is 6.73. The number of likely N-dealkylation sites (tertiary alicyclic amines) is 1. The van der Waals surface area contributed by atoms with Crippen molar-refractivity contribution in [1.82, 2.24) is 15.5 Å². The number of guanidine groups is 1. The summed E-state index contributed by atoms with van der Waals surface area (Å²) in [6.45, 7) is 13.0. The van der Waals surface area contributed by atoms with Crippen LogP contribution in [0.5, 0.6) is 0 Å². The van der Waals surface area contributed by atoms with Gasteiger partial charge in [-0.3, -0.25) is 4.99 Å². The maximum Gasteiger partial charge on any atom is 0.191 e. The third-order valence-electron chi connectivity index (χ3n) is 6.26. The van der Waals surface area contributed by atoms with E-state index in [0.29, 0.717) is 11.5 Å². The van der Waals surface area contributed by atoms with Crippen LogP contribution in [0.2, 0.25) is 0 Å². The number of methoxy groups -OCH3 is 1. The van der Waals surface area contributed by atoms with Crippen LogP contribution < -0.4 is 10.6 Å². The first-order valence-corrected chi connectivity index (χ1v) is 10.8. The van der Waals surface area contributed by atoms with Gasteiger partial charge in [-0.15, -0.1) is 0 Å². The predicted octanol–water partition coefficient (Wildman–Crippen LogP) is 3.26. The summed E-state index contributed by atoms with van der Waals surface area (Å²) in [6, 6.07) is 0.655. The van der Waals surface area contributed by atoms with Crippen LogP contribution in [-0.4, -0.2) is 63.3 Å². The average Bonchev–Trinajstić information content (AvgIpc) is 3.12. The Labute approximate surface area is 161 Å². The minimum atomic E-state index is 0.359. The second-order valence-electron chi connectivity index (χ2n) is 8.62. The number of hydrogen-bond donors (Lipinski definition) is 2. The van der Waals surface area contributed by atoms with E-state index >= 15 is 0 Å². The number of ether oxygens (including phenoxy) is 1. The smallest absolute Gasteiger partial charge is 0.191 e. The topological polar surface area (TPSA) is 48.9 Å². The lowest BCUT2D eigenvalue weighted by Crippen LogP contribution is -2.46. The Morgan fingerprint density at radius 2 is 2.00 bits per heavy atom. The van der Waals surface area contributed by atoms with Gasteiger partial charge in [0, 0.05) is 45.9 Å². The Bertz CT molecular complexity index is 418. The molecule has 0 radical (unpaired) electrons. The van der Waals surface area contributed by atoms with Crippen LogP contribution in [0, 0.1) is 11.3 Å². The summed E-state index contributed by atoms with van der Waals surface area (Å²) in [6.07, 6.45) is 9.06. The molecule has 0 amide bonds. The van der Waals surface area contributed by atoms with Gasteiger partial charge in [0.05, 0.1) is 0 Å². The van der Waals surface area contributed by atoms with Crippen molar-refractivity contribution in [3.05, 3.63) is 0 Å². The highest BCUT2D eigenvalue weighted by Gasteiger charge is 2.33. The van der Waals surface area contributed by atoms with Crippen LogP contribution in [0.3, 0.4) is 0 Å². The molecule has 0 bridgehead atoms. The van der Waals surface area contributed by atoms with Crippen molar-refractivity contribution in [3.63, 3.8) is 0 Å². The van der Waals surface area contributed by atoms with Gasteiger partial charge in [0.1, 0.15) is 0 Å². The van der Waals surface area contributed by atoms with Crippen LogP contribution >= 0.6 is 0 Å². The van der Waals surface area contributed by atoms with Gasteiger partial charge in [0.25, 0.3) is 0 Å². The van der Waals surface area contributed by atoms with E-state index in [-0.39, 0.29) is 0 Å². The maximum atomic E-state index is 5.35. The molecular weight excluding hydrogens is 324 g/mol. The largest absolute Gasteiger partial charge is 0.385 e. The van der Waals surface area contributed by atoms with Gasteiger partial charge in [-0.25, -0.2) is 0 Å². The fourth-order valence-electron chi connectivity index (χ4n) is 4.49. The van der Waals surface area contributed by atoms with Crippen molar-refractivity contribution in [2.45, 2.75) is 71.8 Å². The molecule has 2 fully saturated rings. The number of rotatable bonds is 9. The van der Waals surface area contributed by atoms with E-state index in [9.17, 15) is 0 Å². The number of nitrogens with zero attached hydrogens (tertiary/aromatic N) is 2. The summed E-state index contributed by atoms with van der Waals surface area (Å²) in [5.74, 6) is 1.72. The molecule has 152 valence electrons. The van der Waals surface area contributed by atoms with Crippen LogP contribution in [-0.2, 0) is 4.74 Å². The van der Waals surface area contributed by atoms with Gasteiger partial charge in [0.2, 0.25) is 0 Å². The SMILES string of the molecule is CCNC(=NCC1(CCOC)CCCC1)NCC1CCCN(C(C)C)C1. The summed E-state index contributed by atoms with van der Waals surface area (Å²) in [4.78, 5) is 7.59. The molecule has 1 heterocycles. The summed E-state index contributed by atoms with van der Waals surface area (Å²) >= 11 is 0. The van der Waals surface area contributed by atoms with E-state index in [2.05, 4.69) is 36.3 Å². The molecule has 5 heteroatoms. The van der Waals surface area contributed by atoms with Crippen molar-refractivity contribution in [3.8, 4) is 0 Å². The highest BCUT2D eigenvalue weighted by atomic mass is 16.5. The highest BCUT2D eigenvalue weighted by Crippen LogP contribution is 2.41. The van der Waals surface area contributed by atoms with Crippen LogP contribution in [0.1, 0.15) is 65.7 Å². The van der Waals surface area contributed by atoms with Crippen LogP contribution in [0.4, 0.5) is 0 Å². The Hall–Kier alpha value is -0.810. The summed E-state index contributed by atoms with van der Waals surface area (Å²) in [5, 5.41) is 7.08. The van der Waals surface area contributed by atoms with Crippen molar-refractivity contribution in [2.75, 3.05) is 46.4 Å². The first-order valence-electron chi connectivity index (χ1n) is 10.8. The molecule has 1 aliphatic carbocycles. The molecule has 2 aliphatic rings. The Morgan fingerprint density at radius 1 is 1.23 bits per heavy atom. The summed E-state index contributed by atoms with van der Waals surface area (Å²) in [5.41, 5.74) is 0.359. The van der Waals surface area contributed by atoms with Crippen LogP contribution in [0.25, 0.3) is 0 Å². The summed E-state index contributed by atoms with van der Waals surface area (Å²) < 4.78 is 5.35. The Balaban J connectivity index is 1.87. The fraction of sp³-hybridized carbons (Fsp3) is 0.952. The summed E-state index contributed by atoms with van der Waals surface area (Å²) in [7, 11) is 1.81. The molecule has 0 aromatic rings. The zero-order chi connectivity index (χ0) is 18.8. The van der Waals surface area contributed by atoms with Gasteiger partial charge in [0.15, 0.2) is 5.96 Å². The Morgan fingerprint density at radius 3 is 2.65 bits per heavy atom. The predicted molar refractivity (Wildman–Crippen MR) is 111 cm³/mol. The minimum Gasteiger partial charge on any atom is -0.385 e. The number of nitrogens with one attached hydrogen (secondary N) is 2. The van der Waals surface area contributed by atoms with Crippen molar-refractivity contribution < 1.29 is 4.74 Å². The molecule has 26 heavy (non-hydrogen) atoms. The molecule has 1 saturated heterocycles. The molecule has 1 saturated carbocycles. The molecule has 0 spiro atoms. The van der Waals surface area contributed by atoms with E-state index in [4.69, 9.17) is 9.73 Å². The first-order chi connectivity index (χ1) is 12.6. The fourth-order valence-corrected chi connectivity index (χ4v) is 4.49. The van der Waals surface area contributed by atoms with E-state index in [0.717, 1.165) is 44.5 Å². The molecule has 2 N–H and O–H groups in total. The van der Waals surface area contributed by atoms with Crippen LogP contribution in [0.15, 0.2) is 4.99 Å². The Kier molecular flexibility index (Phi) is 9.20. The third-order valence-corrected chi connectivity index (χ3v) is 6.26. The normalized spacial score (nSPS) is 24.2. The second kappa shape index (κ2) is 11.1. The molecule has 0 aromatic carbocycles. The standard InChI is InChI=1S/C21H42N4O/c1-5-22-20(23-15-19-9-8-13-25(16-19)18(2)3)24-17-21(12-14-26-4)10-6-7-11-21/h18-19H,5-17H2,1-4H3,(H2,22,23,24). The number of piperidine rings is 1. The molecule has 1 atom stereocenters. The lowest BCUT2D eigenvalue weighted by molar-refractivity contribution is 0.140.